The van der Waals surface area contributed by atoms with Crippen molar-refractivity contribution in [1.82, 2.24) is 5.32 Å². The summed E-state index contributed by atoms with van der Waals surface area (Å²) in [6.07, 6.45) is 7.49. The van der Waals surface area contributed by atoms with E-state index >= 15 is 0 Å². The maximum absolute atomic E-state index is 12.0. The van der Waals surface area contributed by atoms with Crippen LogP contribution in [0.2, 0.25) is 0 Å². The van der Waals surface area contributed by atoms with Crippen LogP contribution in [0.25, 0.3) is 0 Å². The molecule has 0 saturated heterocycles. The Balaban J connectivity index is 1.77. The van der Waals surface area contributed by atoms with Crippen molar-refractivity contribution >= 4 is 5.91 Å². The highest BCUT2D eigenvalue weighted by atomic mass is 16.3. The zero-order valence-corrected chi connectivity index (χ0v) is 12.3. The molecule has 3 heteroatoms. The first-order chi connectivity index (χ1) is 9.69. The lowest BCUT2D eigenvalue weighted by molar-refractivity contribution is -0.121. The number of nitrogens with one attached hydrogen (secondary N) is 1. The highest BCUT2D eigenvalue weighted by Gasteiger charge is 2.21. The molecule has 0 unspecified atom stereocenters. The third-order valence-electron chi connectivity index (χ3n) is 4.25. The normalized spacial score (nSPS) is 22.4. The number of rotatable bonds is 5. The van der Waals surface area contributed by atoms with Gasteiger partial charge in [-0.05, 0) is 37.7 Å². The monoisotopic (exact) mass is 275 g/mol. The van der Waals surface area contributed by atoms with E-state index in [1.165, 1.54) is 25.7 Å². The number of carbonyl (C=O) groups excluding carboxylic acids is 1. The van der Waals surface area contributed by atoms with Gasteiger partial charge in [-0.2, -0.15) is 0 Å². The molecule has 20 heavy (non-hydrogen) atoms. The Hall–Kier alpha value is -1.51. The molecular weight excluding hydrogens is 250 g/mol. The summed E-state index contributed by atoms with van der Waals surface area (Å²) in [5.74, 6) is 1.08. The number of carbonyl (C=O) groups is 1. The second-order valence-corrected chi connectivity index (χ2v) is 5.88. The molecule has 1 aromatic rings. The maximum atomic E-state index is 12.0. The molecule has 110 valence electrons. The van der Waals surface area contributed by atoms with Gasteiger partial charge in [-0.15, -0.1) is 0 Å². The van der Waals surface area contributed by atoms with Crippen molar-refractivity contribution in [2.45, 2.75) is 57.9 Å². The van der Waals surface area contributed by atoms with Gasteiger partial charge in [-0.1, -0.05) is 38.0 Å². The van der Waals surface area contributed by atoms with E-state index in [1.54, 1.807) is 18.2 Å². The minimum absolute atomic E-state index is 0.0189. The van der Waals surface area contributed by atoms with Crippen LogP contribution < -0.4 is 5.32 Å². The lowest BCUT2D eigenvalue weighted by Gasteiger charge is -2.29. The lowest BCUT2D eigenvalue weighted by Crippen LogP contribution is -2.38. The maximum Gasteiger partial charge on any atom is 0.224 e. The average Bonchev–Trinajstić information content (AvgIpc) is 2.44. The summed E-state index contributed by atoms with van der Waals surface area (Å²) in [5, 5.41) is 12.8. The summed E-state index contributed by atoms with van der Waals surface area (Å²) in [6, 6.07) is 7.36. The molecule has 1 amide bonds. The van der Waals surface area contributed by atoms with Crippen molar-refractivity contribution in [1.29, 1.82) is 0 Å². The molecule has 0 aliphatic heterocycles. The van der Waals surface area contributed by atoms with Gasteiger partial charge in [0.05, 0.1) is 6.42 Å². The molecule has 0 bridgehead atoms. The molecule has 1 fully saturated rings. The fourth-order valence-corrected chi connectivity index (χ4v) is 3.12. The van der Waals surface area contributed by atoms with Crippen LogP contribution in [0.15, 0.2) is 24.3 Å². The van der Waals surface area contributed by atoms with Crippen LogP contribution in [0.5, 0.6) is 5.75 Å². The molecule has 3 nitrogen and oxygen atoms in total. The van der Waals surface area contributed by atoms with Gasteiger partial charge in [0, 0.05) is 11.6 Å². The first-order valence-corrected chi connectivity index (χ1v) is 7.75. The third-order valence-corrected chi connectivity index (χ3v) is 4.25. The molecule has 0 radical (unpaired) electrons. The van der Waals surface area contributed by atoms with Gasteiger partial charge in [-0.3, -0.25) is 4.79 Å². The van der Waals surface area contributed by atoms with Crippen molar-refractivity contribution in [3.63, 3.8) is 0 Å². The topological polar surface area (TPSA) is 49.3 Å². The van der Waals surface area contributed by atoms with Crippen molar-refractivity contribution in [3.8, 4) is 5.75 Å². The minimum atomic E-state index is 0.0189. The molecule has 1 aliphatic carbocycles. The number of hydrogen-bond acceptors (Lipinski definition) is 2. The van der Waals surface area contributed by atoms with Crippen LogP contribution in [-0.2, 0) is 11.2 Å². The van der Waals surface area contributed by atoms with Crippen LogP contribution in [0, 0.1) is 5.92 Å². The van der Waals surface area contributed by atoms with E-state index in [4.69, 9.17) is 0 Å². The molecule has 2 N–H and O–H groups in total. The van der Waals surface area contributed by atoms with Crippen molar-refractivity contribution in [2.75, 3.05) is 0 Å². The van der Waals surface area contributed by atoms with Gasteiger partial charge in [0.2, 0.25) is 5.91 Å². The molecule has 0 spiro atoms. The number of phenolic OH excluding ortho intramolecular Hbond substituents is 1. The van der Waals surface area contributed by atoms with Gasteiger partial charge in [0.25, 0.3) is 0 Å². The van der Waals surface area contributed by atoms with Gasteiger partial charge >= 0.3 is 0 Å². The standard InChI is InChI=1S/C17H25NO2/c1-2-5-13-8-10-15(11-9-13)18-17(20)12-14-6-3-4-7-16(14)19/h3-4,6-7,13,15,19H,2,5,8-12H2,1H3,(H,18,20). The summed E-state index contributed by atoms with van der Waals surface area (Å²) in [5.41, 5.74) is 0.699. The molecule has 2 rings (SSSR count). The molecule has 0 aromatic heterocycles. The zero-order chi connectivity index (χ0) is 14.4. The van der Waals surface area contributed by atoms with Crippen LogP contribution in [0.3, 0.4) is 0 Å². The van der Waals surface area contributed by atoms with Gasteiger partial charge < -0.3 is 10.4 Å². The van der Waals surface area contributed by atoms with Crippen molar-refractivity contribution in [2.24, 2.45) is 5.92 Å². The molecule has 1 saturated carbocycles. The lowest BCUT2D eigenvalue weighted by atomic mass is 9.83. The second-order valence-electron chi connectivity index (χ2n) is 5.88. The van der Waals surface area contributed by atoms with Gasteiger partial charge in [0.15, 0.2) is 0 Å². The highest BCUT2D eigenvalue weighted by molar-refractivity contribution is 5.79. The van der Waals surface area contributed by atoms with E-state index in [0.717, 1.165) is 18.8 Å². The Morgan fingerprint density at radius 2 is 1.95 bits per heavy atom. The van der Waals surface area contributed by atoms with Gasteiger partial charge in [-0.25, -0.2) is 0 Å². The van der Waals surface area contributed by atoms with E-state index in [1.807, 2.05) is 6.07 Å². The quantitative estimate of drug-likeness (QED) is 0.865. The molecule has 0 heterocycles. The highest BCUT2D eigenvalue weighted by Crippen LogP contribution is 2.27. The van der Waals surface area contributed by atoms with Crippen molar-refractivity contribution in [3.05, 3.63) is 29.8 Å². The summed E-state index contributed by atoms with van der Waals surface area (Å²) >= 11 is 0. The van der Waals surface area contributed by atoms with E-state index in [9.17, 15) is 9.90 Å². The zero-order valence-electron chi connectivity index (χ0n) is 12.3. The van der Waals surface area contributed by atoms with Crippen LogP contribution in [-0.4, -0.2) is 17.1 Å². The number of hydrogen-bond donors (Lipinski definition) is 2. The predicted molar refractivity (Wildman–Crippen MR) is 80.6 cm³/mol. The van der Waals surface area contributed by atoms with Gasteiger partial charge in [0.1, 0.15) is 5.75 Å². The fourth-order valence-electron chi connectivity index (χ4n) is 3.12. The van der Waals surface area contributed by atoms with E-state index in [-0.39, 0.29) is 18.1 Å². The van der Waals surface area contributed by atoms with E-state index < -0.39 is 0 Å². The Morgan fingerprint density at radius 1 is 1.25 bits per heavy atom. The Morgan fingerprint density at radius 3 is 2.60 bits per heavy atom. The summed E-state index contributed by atoms with van der Waals surface area (Å²) in [4.78, 5) is 12.0. The number of phenols is 1. The van der Waals surface area contributed by atoms with Crippen LogP contribution in [0.4, 0.5) is 0 Å². The molecule has 1 aromatic carbocycles. The number of aromatic hydroxyl groups is 1. The SMILES string of the molecule is CCCC1CCC(NC(=O)Cc2ccccc2O)CC1. The van der Waals surface area contributed by atoms with E-state index in [0.29, 0.717) is 11.6 Å². The number of amides is 1. The number of para-hydroxylation sites is 1. The summed E-state index contributed by atoms with van der Waals surface area (Å²) in [6.45, 7) is 2.24. The first kappa shape index (κ1) is 14.9. The Labute approximate surface area is 121 Å². The van der Waals surface area contributed by atoms with Crippen LogP contribution in [0.1, 0.15) is 51.0 Å². The average molecular weight is 275 g/mol. The smallest absolute Gasteiger partial charge is 0.224 e. The summed E-state index contributed by atoms with van der Waals surface area (Å²) < 4.78 is 0. The largest absolute Gasteiger partial charge is 0.508 e. The number of benzene rings is 1. The molecule has 1 aliphatic rings. The first-order valence-electron chi connectivity index (χ1n) is 7.75. The fraction of sp³-hybridized carbons (Fsp3) is 0.588. The Kier molecular flexibility index (Phi) is 5.45. The summed E-state index contributed by atoms with van der Waals surface area (Å²) in [7, 11) is 0. The molecule has 0 atom stereocenters. The minimum Gasteiger partial charge on any atom is -0.508 e. The Bertz CT molecular complexity index is 436. The third kappa shape index (κ3) is 4.26. The van der Waals surface area contributed by atoms with Crippen LogP contribution >= 0.6 is 0 Å². The van der Waals surface area contributed by atoms with Crippen molar-refractivity contribution < 1.29 is 9.90 Å². The predicted octanol–water partition coefficient (Wildman–Crippen LogP) is 3.41. The van der Waals surface area contributed by atoms with E-state index in [2.05, 4.69) is 12.2 Å². The second kappa shape index (κ2) is 7.32. The molecular formula is C17H25NO2.